The summed E-state index contributed by atoms with van der Waals surface area (Å²) in [5, 5.41) is 2.33. The maximum absolute atomic E-state index is 12.3. The molecule has 25 heavy (non-hydrogen) atoms. The fourth-order valence-corrected chi connectivity index (χ4v) is 3.97. The number of nitrogens with zero attached hydrogens (tertiary/aromatic N) is 3. The van der Waals surface area contributed by atoms with Crippen LogP contribution in [0, 0.1) is 0 Å². The van der Waals surface area contributed by atoms with Crippen LogP contribution in [0.4, 0.5) is 0 Å². The van der Waals surface area contributed by atoms with Crippen LogP contribution in [0.25, 0.3) is 21.8 Å². The molecular weight excluding hydrogens is 336 g/mol. The zero-order chi connectivity index (χ0) is 17.3. The molecule has 0 saturated heterocycles. The van der Waals surface area contributed by atoms with Crippen LogP contribution in [0.3, 0.4) is 0 Å². The molecule has 0 atom stereocenters. The molecule has 0 unspecified atom stereocenters. The van der Waals surface area contributed by atoms with Crippen molar-refractivity contribution in [2.75, 3.05) is 6.54 Å². The Morgan fingerprint density at radius 3 is 2.04 bits per heavy atom. The van der Waals surface area contributed by atoms with E-state index in [9.17, 15) is 8.42 Å². The predicted octanol–water partition coefficient (Wildman–Crippen LogP) is 2.56. The van der Waals surface area contributed by atoms with Gasteiger partial charge in [0.1, 0.15) is 11.2 Å². The molecule has 0 bridgehead atoms. The molecule has 2 aromatic carbocycles. The lowest BCUT2D eigenvalue weighted by molar-refractivity contribution is 0.575. The van der Waals surface area contributed by atoms with Gasteiger partial charge in [0, 0.05) is 34.9 Å². The van der Waals surface area contributed by atoms with Gasteiger partial charge in [0.2, 0.25) is 10.0 Å². The van der Waals surface area contributed by atoms with Gasteiger partial charge in [-0.25, -0.2) is 23.1 Å². The van der Waals surface area contributed by atoms with Gasteiger partial charge in [-0.15, -0.1) is 0 Å². The van der Waals surface area contributed by atoms with E-state index in [1.165, 1.54) is 18.7 Å². The average Bonchev–Trinajstić information content (AvgIpc) is 2.97. The molecule has 0 aliphatic rings. The van der Waals surface area contributed by atoms with Gasteiger partial charge < -0.3 is 4.57 Å². The second-order valence-electron chi connectivity index (χ2n) is 5.66. The van der Waals surface area contributed by atoms with Crippen molar-refractivity contribution >= 4 is 31.8 Å². The number of para-hydroxylation sites is 2. The first kappa shape index (κ1) is 15.7. The number of fused-ring (bicyclic) bond motifs is 3. The van der Waals surface area contributed by atoms with Gasteiger partial charge in [0.25, 0.3) is 0 Å². The highest BCUT2D eigenvalue weighted by Gasteiger charge is 2.15. The third-order valence-electron chi connectivity index (χ3n) is 4.15. The van der Waals surface area contributed by atoms with Gasteiger partial charge in [-0.05, 0) is 12.1 Å². The van der Waals surface area contributed by atoms with Crippen molar-refractivity contribution in [2.45, 2.75) is 11.4 Å². The fourth-order valence-electron chi connectivity index (χ4n) is 3.04. The van der Waals surface area contributed by atoms with Crippen LogP contribution >= 0.6 is 0 Å². The molecule has 0 aliphatic heterocycles. The molecule has 2 heterocycles. The zero-order valence-corrected chi connectivity index (χ0v) is 14.1. The van der Waals surface area contributed by atoms with E-state index >= 15 is 0 Å². The highest BCUT2D eigenvalue weighted by atomic mass is 32.2. The van der Waals surface area contributed by atoms with Crippen LogP contribution in [0.1, 0.15) is 0 Å². The second kappa shape index (κ2) is 6.27. The molecule has 0 aliphatic carbocycles. The quantitative estimate of drug-likeness (QED) is 0.599. The second-order valence-corrected chi connectivity index (χ2v) is 7.42. The Morgan fingerprint density at radius 2 is 1.44 bits per heavy atom. The molecule has 7 heteroatoms. The van der Waals surface area contributed by atoms with Gasteiger partial charge >= 0.3 is 0 Å². The lowest BCUT2D eigenvalue weighted by atomic mass is 10.2. The first-order chi connectivity index (χ1) is 12.2. The third kappa shape index (κ3) is 2.88. The van der Waals surface area contributed by atoms with Crippen LogP contribution in [-0.2, 0) is 16.6 Å². The summed E-state index contributed by atoms with van der Waals surface area (Å²) in [7, 11) is -3.61. The molecule has 0 fully saturated rings. The van der Waals surface area contributed by atoms with E-state index in [1.807, 2.05) is 24.3 Å². The largest absolute Gasteiger partial charge is 0.339 e. The Morgan fingerprint density at radius 1 is 0.880 bits per heavy atom. The lowest BCUT2D eigenvalue weighted by Crippen LogP contribution is -2.27. The molecular formula is C18H16N4O2S. The minimum atomic E-state index is -3.61. The summed E-state index contributed by atoms with van der Waals surface area (Å²) in [6.07, 6.45) is 3.88. The zero-order valence-electron chi connectivity index (χ0n) is 13.3. The lowest BCUT2D eigenvalue weighted by Gasteiger charge is -2.09. The summed E-state index contributed by atoms with van der Waals surface area (Å²) >= 11 is 0. The molecule has 2 aromatic heterocycles. The van der Waals surface area contributed by atoms with Crippen molar-refractivity contribution in [3.05, 3.63) is 67.3 Å². The molecule has 4 rings (SSSR count). The number of hydrogen-bond donors (Lipinski definition) is 1. The summed E-state index contributed by atoms with van der Waals surface area (Å²) < 4.78 is 29.3. The van der Waals surface area contributed by atoms with Crippen LogP contribution in [0.5, 0.6) is 0 Å². The molecule has 0 amide bonds. The Balaban J connectivity index is 1.63. The Hall–Kier alpha value is -2.77. The maximum atomic E-state index is 12.3. The van der Waals surface area contributed by atoms with Gasteiger partial charge in [-0.1, -0.05) is 36.4 Å². The summed E-state index contributed by atoms with van der Waals surface area (Å²) in [5.74, 6) is 0. The number of hydrogen-bond acceptors (Lipinski definition) is 4. The molecule has 4 aromatic rings. The predicted molar refractivity (Wildman–Crippen MR) is 96.7 cm³/mol. The van der Waals surface area contributed by atoms with E-state index in [-0.39, 0.29) is 11.4 Å². The van der Waals surface area contributed by atoms with Gasteiger partial charge in [-0.3, -0.25) is 0 Å². The van der Waals surface area contributed by atoms with Crippen molar-refractivity contribution in [2.24, 2.45) is 0 Å². The summed E-state index contributed by atoms with van der Waals surface area (Å²) in [5.41, 5.74) is 2.18. The Kier molecular flexibility index (Phi) is 3.95. The summed E-state index contributed by atoms with van der Waals surface area (Å²) in [6, 6.07) is 16.3. The normalized spacial score (nSPS) is 12.0. The standard InChI is InChI=1S/C18H16N4O2S/c23-25(24,14-11-19-13-20-12-14)21-9-10-22-17-7-3-1-5-15(17)16-6-2-4-8-18(16)22/h1-8,11-13,21H,9-10H2. The highest BCUT2D eigenvalue weighted by Crippen LogP contribution is 2.28. The van der Waals surface area contributed by atoms with Crippen LogP contribution in [0.15, 0.2) is 72.1 Å². The Labute approximate surface area is 145 Å². The number of benzene rings is 2. The smallest absolute Gasteiger partial charge is 0.243 e. The molecule has 0 spiro atoms. The molecule has 0 saturated carbocycles. The highest BCUT2D eigenvalue weighted by molar-refractivity contribution is 7.89. The van der Waals surface area contributed by atoms with Gasteiger partial charge in [0.05, 0.1) is 12.4 Å². The fraction of sp³-hybridized carbons (Fsp3) is 0.111. The Bertz CT molecular complexity index is 1080. The van der Waals surface area contributed by atoms with E-state index in [0.29, 0.717) is 6.54 Å². The first-order valence-corrected chi connectivity index (χ1v) is 9.36. The number of sulfonamides is 1. The first-order valence-electron chi connectivity index (χ1n) is 7.87. The minimum absolute atomic E-state index is 0.0669. The topological polar surface area (TPSA) is 76.9 Å². The van der Waals surface area contributed by atoms with E-state index < -0.39 is 10.0 Å². The van der Waals surface area contributed by atoms with Crippen LogP contribution in [0.2, 0.25) is 0 Å². The van der Waals surface area contributed by atoms with Crippen LogP contribution < -0.4 is 4.72 Å². The monoisotopic (exact) mass is 352 g/mol. The number of aromatic nitrogens is 3. The van der Waals surface area contributed by atoms with Crippen molar-refractivity contribution in [1.29, 1.82) is 0 Å². The van der Waals surface area contributed by atoms with E-state index in [0.717, 1.165) is 21.8 Å². The minimum Gasteiger partial charge on any atom is -0.339 e. The number of rotatable bonds is 5. The molecule has 0 radical (unpaired) electrons. The molecule has 1 N–H and O–H groups in total. The number of nitrogens with one attached hydrogen (secondary N) is 1. The van der Waals surface area contributed by atoms with E-state index in [2.05, 4.69) is 43.5 Å². The summed E-state index contributed by atoms with van der Waals surface area (Å²) in [4.78, 5) is 7.58. The van der Waals surface area contributed by atoms with Crippen molar-refractivity contribution < 1.29 is 8.42 Å². The van der Waals surface area contributed by atoms with Gasteiger partial charge in [-0.2, -0.15) is 0 Å². The third-order valence-corrected chi connectivity index (χ3v) is 5.57. The summed E-state index contributed by atoms with van der Waals surface area (Å²) in [6.45, 7) is 0.806. The maximum Gasteiger partial charge on any atom is 0.243 e. The molecule has 6 nitrogen and oxygen atoms in total. The van der Waals surface area contributed by atoms with Crippen molar-refractivity contribution in [3.8, 4) is 0 Å². The van der Waals surface area contributed by atoms with Crippen molar-refractivity contribution in [3.63, 3.8) is 0 Å². The van der Waals surface area contributed by atoms with Crippen molar-refractivity contribution in [1.82, 2.24) is 19.3 Å². The molecule has 126 valence electrons. The van der Waals surface area contributed by atoms with E-state index in [4.69, 9.17) is 0 Å². The average molecular weight is 352 g/mol. The van der Waals surface area contributed by atoms with E-state index in [1.54, 1.807) is 0 Å². The SMILES string of the molecule is O=S(=O)(NCCn1c2ccccc2c2ccccc21)c1cncnc1. The van der Waals surface area contributed by atoms with Crippen LogP contribution in [-0.4, -0.2) is 29.5 Å². The van der Waals surface area contributed by atoms with Gasteiger partial charge in [0.15, 0.2) is 0 Å².